The second-order valence-electron chi connectivity index (χ2n) is 5.57. The minimum atomic E-state index is -1.95. The number of benzene rings is 2. The lowest BCUT2D eigenvalue weighted by atomic mass is 10.1. The van der Waals surface area contributed by atoms with Crippen molar-refractivity contribution in [3.63, 3.8) is 0 Å². The van der Waals surface area contributed by atoms with Crippen molar-refractivity contribution in [2.45, 2.75) is 44.4 Å². The fourth-order valence-electron chi connectivity index (χ4n) is 2.74. The summed E-state index contributed by atoms with van der Waals surface area (Å²) in [5.41, 5.74) is 1.17. The normalized spacial score (nSPS) is 12.5. The zero-order valence-electron chi connectivity index (χ0n) is 13.4. The summed E-state index contributed by atoms with van der Waals surface area (Å²) in [6, 6.07) is 11.7. The molecule has 2 rings (SSSR count). The maximum absolute atomic E-state index is 11.5. The molecule has 0 aromatic heterocycles. The number of fused-ring (bicyclic) bond motifs is 1. The van der Waals surface area contributed by atoms with Crippen LogP contribution < -0.4 is 4.90 Å². The van der Waals surface area contributed by atoms with Gasteiger partial charge < -0.3 is 9.45 Å². The smallest absolute Gasteiger partial charge is 0.187 e. The Morgan fingerprint density at radius 3 is 2.14 bits per heavy atom. The lowest BCUT2D eigenvalue weighted by Crippen LogP contribution is -2.25. The molecule has 1 atom stereocenters. The van der Waals surface area contributed by atoms with E-state index in [2.05, 4.69) is 24.8 Å². The van der Waals surface area contributed by atoms with Gasteiger partial charge in [-0.2, -0.15) is 0 Å². The minimum Gasteiger partial charge on any atom is -0.371 e. The molecule has 120 valence electrons. The second kappa shape index (κ2) is 8.30. The fourth-order valence-corrected chi connectivity index (χ4v) is 3.30. The molecule has 1 N–H and O–H groups in total. The number of hydrogen-bond acceptors (Lipinski definition) is 2. The van der Waals surface area contributed by atoms with Gasteiger partial charge in [0.1, 0.15) is 0 Å². The lowest BCUT2D eigenvalue weighted by molar-refractivity contribution is 0.565. The molecule has 22 heavy (non-hydrogen) atoms. The van der Waals surface area contributed by atoms with E-state index in [0.29, 0.717) is 4.90 Å². The van der Waals surface area contributed by atoms with Gasteiger partial charge in [0.05, 0.1) is 4.90 Å². The molecule has 0 saturated heterocycles. The SMILES string of the molecule is CCCCN(CCCC)c1cccc2c(S(=O)O)cccc12. The van der Waals surface area contributed by atoms with Crippen LogP contribution in [-0.4, -0.2) is 21.9 Å². The summed E-state index contributed by atoms with van der Waals surface area (Å²) < 4.78 is 21.0. The number of anilines is 1. The molecular formula is C18H25NO2S. The molecule has 0 aliphatic heterocycles. The molecule has 1 unspecified atom stereocenters. The van der Waals surface area contributed by atoms with E-state index < -0.39 is 11.1 Å². The highest BCUT2D eigenvalue weighted by Gasteiger charge is 2.12. The van der Waals surface area contributed by atoms with Crippen LogP contribution in [0.5, 0.6) is 0 Å². The molecule has 2 aromatic rings. The molecule has 0 radical (unpaired) electrons. The van der Waals surface area contributed by atoms with Gasteiger partial charge in [0, 0.05) is 29.5 Å². The molecule has 0 fully saturated rings. The van der Waals surface area contributed by atoms with Crippen molar-refractivity contribution in [1.29, 1.82) is 0 Å². The van der Waals surface area contributed by atoms with Crippen LogP contribution in [0.15, 0.2) is 41.3 Å². The number of rotatable bonds is 8. The third kappa shape index (κ3) is 3.87. The van der Waals surface area contributed by atoms with Gasteiger partial charge in [-0.15, -0.1) is 0 Å². The largest absolute Gasteiger partial charge is 0.371 e. The first-order chi connectivity index (χ1) is 10.7. The molecule has 0 spiro atoms. The standard InChI is InChI=1S/C18H25NO2S/c1-3-5-13-19(14-6-4-2)17-11-7-10-16-15(17)9-8-12-18(16)22(20)21/h7-12H,3-6,13-14H2,1-2H3,(H,20,21). The Balaban J connectivity index is 2.47. The number of hydrogen-bond donors (Lipinski definition) is 1. The average molecular weight is 319 g/mol. The van der Waals surface area contributed by atoms with E-state index in [1.807, 2.05) is 24.3 Å². The Hall–Kier alpha value is -1.39. The van der Waals surface area contributed by atoms with Crippen LogP contribution in [0.1, 0.15) is 39.5 Å². The van der Waals surface area contributed by atoms with Gasteiger partial charge in [0.25, 0.3) is 0 Å². The van der Waals surface area contributed by atoms with Gasteiger partial charge in [-0.05, 0) is 25.0 Å². The van der Waals surface area contributed by atoms with Crippen molar-refractivity contribution in [3.05, 3.63) is 36.4 Å². The van der Waals surface area contributed by atoms with Crippen LogP contribution in [0.25, 0.3) is 10.8 Å². The van der Waals surface area contributed by atoms with Gasteiger partial charge in [0.2, 0.25) is 0 Å². The molecule has 0 aliphatic rings. The summed E-state index contributed by atoms with van der Waals surface area (Å²) in [6.45, 7) is 6.46. The summed E-state index contributed by atoms with van der Waals surface area (Å²) >= 11 is -1.95. The van der Waals surface area contributed by atoms with Crippen LogP contribution >= 0.6 is 0 Å². The first-order valence-corrected chi connectivity index (χ1v) is 9.17. The lowest BCUT2D eigenvalue weighted by Gasteiger charge is -2.26. The van der Waals surface area contributed by atoms with Gasteiger partial charge in [-0.3, -0.25) is 0 Å². The third-order valence-corrected chi connectivity index (χ3v) is 4.68. The van der Waals surface area contributed by atoms with Gasteiger partial charge in [0.15, 0.2) is 11.1 Å². The van der Waals surface area contributed by atoms with E-state index in [4.69, 9.17) is 0 Å². The van der Waals surface area contributed by atoms with Crippen molar-refractivity contribution in [2.75, 3.05) is 18.0 Å². The number of unbranched alkanes of at least 4 members (excludes halogenated alkanes) is 2. The first-order valence-electron chi connectivity index (χ1n) is 8.06. The van der Waals surface area contributed by atoms with E-state index in [-0.39, 0.29) is 0 Å². The van der Waals surface area contributed by atoms with Crippen molar-refractivity contribution >= 4 is 27.5 Å². The zero-order valence-corrected chi connectivity index (χ0v) is 14.2. The van der Waals surface area contributed by atoms with Crippen LogP contribution in [0.4, 0.5) is 5.69 Å². The van der Waals surface area contributed by atoms with E-state index in [1.54, 1.807) is 6.07 Å². The molecule has 0 aliphatic carbocycles. The summed E-state index contributed by atoms with van der Waals surface area (Å²) in [6.07, 6.45) is 4.65. The van der Waals surface area contributed by atoms with E-state index in [0.717, 1.165) is 36.7 Å². The molecule has 0 heterocycles. The maximum atomic E-state index is 11.5. The van der Waals surface area contributed by atoms with Gasteiger partial charge >= 0.3 is 0 Å². The summed E-state index contributed by atoms with van der Waals surface area (Å²) in [7, 11) is 0. The topological polar surface area (TPSA) is 40.5 Å². The zero-order chi connectivity index (χ0) is 15.9. The molecule has 0 bridgehead atoms. The van der Waals surface area contributed by atoms with E-state index in [9.17, 15) is 8.76 Å². The molecule has 3 nitrogen and oxygen atoms in total. The van der Waals surface area contributed by atoms with Crippen molar-refractivity contribution in [2.24, 2.45) is 0 Å². The van der Waals surface area contributed by atoms with Gasteiger partial charge in [-0.25, -0.2) is 4.21 Å². The second-order valence-corrected chi connectivity index (χ2v) is 6.51. The Bertz CT molecular complexity index is 634. The Kier molecular flexibility index (Phi) is 6.40. The maximum Gasteiger partial charge on any atom is 0.187 e. The van der Waals surface area contributed by atoms with Gasteiger partial charge in [-0.1, -0.05) is 51.0 Å². The molecule has 2 aromatic carbocycles. The molecule has 0 amide bonds. The van der Waals surface area contributed by atoms with Crippen molar-refractivity contribution in [1.82, 2.24) is 0 Å². The first kappa shape index (κ1) is 17.0. The Morgan fingerprint density at radius 2 is 1.55 bits per heavy atom. The van der Waals surface area contributed by atoms with Crippen LogP contribution in [-0.2, 0) is 11.1 Å². The van der Waals surface area contributed by atoms with Crippen LogP contribution in [0.3, 0.4) is 0 Å². The van der Waals surface area contributed by atoms with Crippen molar-refractivity contribution in [3.8, 4) is 0 Å². The highest BCUT2D eigenvalue weighted by atomic mass is 32.2. The summed E-state index contributed by atoms with van der Waals surface area (Å²) in [4.78, 5) is 2.91. The van der Waals surface area contributed by atoms with E-state index in [1.165, 1.54) is 18.5 Å². The minimum absolute atomic E-state index is 0.491. The molecular weight excluding hydrogens is 294 g/mol. The average Bonchev–Trinajstić information content (AvgIpc) is 2.54. The Labute approximate surface area is 135 Å². The predicted molar refractivity (Wildman–Crippen MR) is 95.0 cm³/mol. The summed E-state index contributed by atoms with van der Waals surface area (Å²) in [5.74, 6) is 0. The molecule has 4 heteroatoms. The Morgan fingerprint density at radius 1 is 0.955 bits per heavy atom. The number of nitrogens with zero attached hydrogens (tertiary/aromatic N) is 1. The highest BCUT2D eigenvalue weighted by molar-refractivity contribution is 7.79. The van der Waals surface area contributed by atoms with E-state index >= 15 is 0 Å². The quantitative estimate of drug-likeness (QED) is 0.709. The van der Waals surface area contributed by atoms with Crippen molar-refractivity contribution < 1.29 is 8.76 Å². The summed E-state index contributed by atoms with van der Waals surface area (Å²) in [5, 5.41) is 1.94. The monoisotopic (exact) mass is 319 g/mol. The third-order valence-electron chi connectivity index (χ3n) is 3.95. The fraction of sp³-hybridized carbons (Fsp3) is 0.444. The predicted octanol–water partition coefficient (Wildman–Crippen LogP) is 4.83. The van der Waals surface area contributed by atoms with Crippen LogP contribution in [0, 0.1) is 0 Å². The molecule has 0 saturated carbocycles. The highest BCUT2D eigenvalue weighted by Crippen LogP contribution is 2.30. The van der Waals surface area contributed by atoms with Crippen LogP contribution in [0.2, 0.25) is 0 Å².